The number of rotatable bonds is 3. The number of ether oxygens (including phenoxy) is 1. The van der Waals surface area contributed by atoms with E-state index in [-0.39, 0.29) is 11.9 Å². The maximum Gasteiger partial charge on any atom is 0.311 e. The van der Waals surface area contributed by atoms with Crippen molar-refractivity contribution >= 4 is 5.97 Å². The molecule has 0 aromatic rings. The molecule has 0 aromatic carbocycles. The van der Waals surface area contributed by atoms with Crippen LogP contribution in [0.3, 0.4) is 0 Å². The molecule has 18 heavy (non-hydrogen) atoms. The summed E-state index contributed by atoms with van der Waals surface area (Å²) in [4.78, 5) is 12.1. The van der Waals surface area contributed by atoms with Crippen LogP contribution < -0.4 is 0 Å². The molecule has 2 atom stereocenters. The third kappa shape index (κ3) is 2.71. The Labute approximate surface area is 110 Å². The lowest BCUT2D eigenvalue weighted by atomic mass is 9.64. The molecule has 0 bridgehead atoms. The zero-order chi connectivity index (χ0) is 13.0. The largest absolute Gasteiger partial charge is 0.466 e. The molecule has 0 heterocycles. The molecular formula is C15H26O3. The van der Waals surface area contributed by atoms with Gasteiger partial charge in [0.1, 0.15) is 0 Å². The highest BCUT2D eigenvalue weighted by Crippen LogP contribution is 2.45. The first kappa shape index (κ1) is 13.9. The van der Waals surface area contributed by atoms with Crippen LogP contribution in [-0.4, -0.2) is 23.3 Å². The normalized spacial score (nSPS) is 34.2. The molecule has 1 N–H and O–H groups in total. The first-order valence-electron chi connectivity index (χ1n) is 7.57. The molecule has 0 unspecified atom stereocenters. The number of carbonyl (C=O) groups excluding carboxylic acids is 1. The van der Waals surface area contributed by atoms with Gasteiger partial charge in [-0.3, -0.25) is 4.79 Å². The third-order valence-corrected chi connectivity index (χ3v) is 4.81. The van der Waals surface area contributed by atoms with Gasteiger partial charge in [-0.05, 0) is 38.5 Å². The van der Waals surface area contributed by atoms with E-state index >= 15 is 0 Å². The van der Waals surface area contributed by atoms with E-state index in [9.17, 15) is 9.90 Å². The monoisotopic (exact) mass is 254 g/mol. The van der Waals surface area contributed by atoms with Crippen LogP contribution in [-0.2, 0) is 9.53 Å². The van der Waals surface area contributed by atoms with Gasteiger partial charge in [0.2, 0.25) is 0 Å². The summed E-state index contributed by atoms with van der Waals surface area (Å²) in [6.45, 7) is 2.25. The number of hydrogen-bond acceptors (Lipinski definition) is 3. The summed E-state index contributed by atoms with van der Waals surface area (Å²) in [7, 11) is 0. The Balaban J connectivity index is 2.11. The average Bonchev–Trinajstić information content (AvgIpc) is 2.40. The molecule has 2 rings (SSSR count). The maximum absolute atomic E-state index is 12.1. The van der Waals surface area contributed by atoms with Crippen LogP contribution in [0.2, 0.25) is 0 Å². The van der Waals surface area contributed by atoms with Gasteiger partial charge in [0, 0.05) is 0 Å². The fourth-order valence-electron chi connectivity index (χ4n) is 3.84. The lowest BCUT2D eigenvalue weighted by Gasteiger charge is -2.45. The second kappa shape index (κ2) is 6.05. The van der Waals surface area contributed by atoms with E-state index in [0.29, 0.717) is 12.5 Å². The van der Waals surface area contributed by atoms with Crippen molar-refractivity contribution in [3.8, 4) is 0 Å². The predicted octanol–water partition coefficient (Wildman–Crippen LogP) is 3.05. The molecule has 104 valence electrons. The van der Waals surface area contributed by atoms with Gasteiger partial charge in [-0.1, -0.05) is 32.1 Å². The van der Waals surface area contributed by atoms with Crippen molar-refractivity contribution in [1.29, 1.82) is 0 Å². The van der Waals surface area contributed by atoms with Crippen LogP contribution in [0.4, 0.5) is 0 Å². The third-order valence-electron chi connectivity index (χ3n) is 4.81. The smallest absolute Gasteiger partial charge is 0.311 e. The average molecular weight is 254 g/mol. The quantitative estimate of drug-likeness (QED) is 0.787. The second-order valence-corrected chi connectivity index (χ2v) is 5.88. The van der Waals surface area contributed by atoms with Gasteiger partial charge < -0.3 is 9.84 Å². The highest BCUT2D eigenvalue weighted by molar-refractivity contribution is 5.74. The van der Waals surface area contributed by atoms with Crippen molar-refractivity contribution in [2.75, 3.05) is 6.61 Å². The molecule has 0 spiro atoms. The van der Waals surface area contributed by atoms with Gasteiger partial charge in [0.05, 0.1) is 18.1 Å². The lowest BCUT2D eigenvalue weighted by molar-refractivity contribution is -0.170. The molecule has 2 saturated carbocycles. The minimum Gasteiger partial charge on any atom is -0.466 e. The summed E-state index contributed by atoms with van der Waals surface area (Å²) < 4.78 is 5.17. The SMILES string of the molecule is CCOC(=O)[C@H]1CCCC[C@@]1(O)C1CCCCC1. The van der Waals surface area contributed by atoms with Gasteiger partial charge >= 0.3 is 5.97 Å². The molecule has 3 nitrogen and oxygen atoms in total. The van der Waals surface area contributed by atoms with Crippen LogP contribution in [0.15, 0.2) is 0 Å². The van der Waals surface area contributed by atoms with Crippen molar-refractivity contribution in [2.45, 2.75) is 70.3 Å². The topological polar surface area (TPSA) is 46.5 Å². The van der Waals surface area contributed by atoms with Gasteiger partial charge in [-0.25, -0.2) is 0 Å². The standard InChI is InChI=1S/C15H26O3/c1-2-18-14(16)13-10-6-7-11-15(13,17)12-8-4-3-5-9-12/h12-13,17H,2-11H2,1H3/t13-,15-/m1/s1. The Bertz CT molecular complexity index is 283. The fourth-order valence-corrected chi connectivity index (χ4v) is 3.84. The molecular weight excluding hydrogens is 228 g/mol. The number of esters is 1. The molecule has 0 radical (unpaired) electrons. The van der Waals surface area contributed by atoms with Gasteiger partial charge in [-0.2, -0.15) is 0 Å². The lowest BCUT2D eigenvalue weighted by Crippen LogP contribution is -2.51. The van der Waals surface area contributed by atoms with Gasteiger partial charge in [0.15, 0.2) is 0 Å². The summed E-state index contributed by atoms with van der Waals surface area (Å²) in [5.74, 6) is -0.152. The van der Waals surface area contributed by atoms with Crippen LogP contribution >= 0.6 is 0 Å². The van der Waals surface area contributed by atoms with E-state index in [1.165, 1.54) is 19.3 Å². The van der Waals surface area contributed by atoms with Crippen LogP contribution in [0.25, 0.3) is 0 Å². The number of hydrogen-bond donors (Lipinski definition) is 1. The molecule has 0 aromatic heterocycles. The van der Waals surface area contributed by atoms with Crippen molar-refractivity contribution in [1.82, 2.24) is 0 Å². The van der Waals surface area contributed by atoms with Crippen molar-refractivity contribution in [3.63, 3.8) is 0 Å². The molecule has 0 saturated heterocycles. The molecule has 2 aliphatic rings. The molecule has 2 fully saturated rings. The second-order valence-electron chi connectivity index (χ2n) is 5.88. The number of aliphatic hydroxyl groups is 1. The van der Waals surface area contributed by atoms with E-state index in [1.807, 2.05) is 6.92 Å². The molecule has 0 amide bonds. The van der Waals surface area contributed by atoms with Crippen LogP contribution in [0.1, 0.15) is 64.7 Å². The summed E-state index contributed by atoms with van der Waals surface area (Å²) >= 11 is 0. The van der Waals surface area contributed by atoms with Crippen molar-refractivity contribution in [3.05, 3.63) is 0 Å². The van der Waals surface area contributed by atoms with Gasteiger partial charge in [-0.15, -0.1) is 0 Å². The van der Waals surface area contributed by atoms with E-state index in [0.717, 1.165) is 38.5 Å². The Hall–Kier alpha value is -0.570. The highest BCUT2D eigenvalue weighted by atomic mass is 16.5. The predicted molar refractivity (Wildman–Crippen MR) is 70.1 cm³/mol. The molecule has 0 aliphatic heterocycles. The van der Waals surface area contributed by atoms with Gasteiger partial charge in [0.25, 0.3) is 0 Å². The van der Waals surface area contributed by atoms with Crippen molar-refractivity contribution in [2.24, 2.45) is 11.8 Å². The Morgan fingerprint density at radius 1 is 1.17 bits per heavy atom. The fraction of sp³-hybridized carbons (Fsp3) is 0.933. The Morgan fingerprint density at radius 3 is 2.50 bits per heavy atom. The van der Waals surface area contributed by atoms with Crippen LogP contribution in [0.5, 0.6) is 0 Å². The zero-order valence-corrected chi connectivity index (χ0v) is 11.5. The molecule has 3 heteroatoms. The number of carbonyl (C=O) groups is 1. The first-order valence-corrected chi connectivity index (χ1v) is 7.57. The highest BCUT2D eigenvalue weighted by Gasteiger charge is 2.49. The van der Waals surface area contributed by atoms with E-state index in [2.05, 4.69) is 0 Å². The molecule has 2 aliphatic carbocycles. The summed E-state index contributed by atoms with van der Waals surface area (Å²) in [5.41, 5.74) is -0.787. The first-order chi connectivity index (χ1) is 8.68. The van der Waals surface area contributed by atoms with E-state index in [1.54, 1.807) is 0 Å². The summed E-state index contributed by atoms with van der Waals surface area (Å²) in [5, 5.41) is 11.1. The zero-order valence-electron chi connectivity index (χ0n) is 11.5. The Kier molecular flexibility index (Phi) is 4.66. The van der Waals surface area contributed by atoms with Crippen LogP contribution in [0, 0.1) is 11.8 Å². The maximum atomic E-state index is 12.1. The minimum atomic E-state index is -0.787. The summed E-state index contributed by atoms with van der Waals surface area (Å²) in [6.07, 6.45) is 9.48. The van der Waals surface area contributed by atoms with Crippen molar-refractivity contribution < 1.29 is 14.6 Å². The summed E-state index contributed by atoms with van der Waals surface area (Å²) in [6, 6.07) is 0. The van der Waals surface area contributed by atoms with E-state index in [4.69, 9.17) is 4.74 Å². The Morgan fingerprint density at radius 2 is 1.83 bits per heavy atom. The van der Waals surface area contributed by atoms with E-state index < -0.39 is 5.60 Å². The minimum absolute atomic E-state index is 0.176.